The molecule has 0 saturated carbocycles. The maximum Gasteiger partial charge on any atom is 0.337 e. The van der Waals surface area contributed by atoms with E-state index in [9.17, 15) is 9.90 Å². The highest BCUT2D eigenvalue weighted by atomic mass is 79.9. The molecule has 0 aliphatic heterocycles. The Morgan fingerprint density at radius 3 is 2.55 bits per heavy atom. The SMILES string of the molecule is O=C(O)c1cc(Cl)cc(Cl)c1NCCOc1ccc(Br)cc1. The quantitative estimate of drug-likeness (QED) is 0.669. The van der Waals surface area contributed by atoms with Crippen molar-refractivity contribution in [2.45, 2.75) is 0 Å². The smallest absolute Gasteiger partial charge is 0.337 e. The average Bonchev–Trinajstić information content (AvgIpc) is 2.46. The van der Waals surface area contributed by atoms with Crippen molar-refractivity contribution in [3.05, 3.63) is 56.5 Å². The molecule has 0 fully saturated rings. The van der Waals surface area contributed by atoms with Gasteiger partial charge in [0, 0.05) is 16.0 Å². The molecule has 0 aliphatic rings. The van der Waals surface area contributed by atoms with Crippen LogP contribution in [-0.4, -0.2) is 24.2 Å². The summed E-state index contributed by atoms with van der Waals surface area (Å²) >= 11 is 15.2. The van der Waals surface area contributed by atoms with Crippen LogP contribution in [-0.2, 0) is 0 Å². The van der Waals surface area contributed by atoms with Crippen LogP contribution in [0.1, 0.15) is 10.4 Å². The first kappa shape index (κ1) is 16.9. The van der Waals surface area contributed by atoms with Crippen molar-refractivity contribution in [2.75, 3.05) is 18.5 Å². The Morgan fingerprint density at radius 1 is 1.23 bits per heavy atom. The number of carboxylic acid groups (broad SMARTS) is 1. The van der Waals surface area contributed by atoms with Gasteiger partial charge < -0.3 is 15.2 Å². The van der Waals surface area contributed by atoms with Crippen LogP contribution in [0.3, 0.4) is 0 Å². The van der Waals surface area contributed by atoms with Crippen LogP contribution in [0, 0.1) is 0 Å². The van der Waals surface area contributed by atoms with Crippen LogP contribution < -0.4 is 10.1 Å². The fourth-order valence-electron chi connectivity index (χ4n) is 1.80. The number of carboxylic acids is 1. The second-order valence-electron chi connectivity index (χ2n) is 4.34. The van der Waals surface area contributed by atoms with Gasteiger partial charge in [0.2, 0.25) is 0 Å². The summed E-state index contributed by atoms with van der Waals surface area (Å²) in [6, 6.07) is 10.3. The van der Waals surface area contributed by atoms with E-state index in [4.69, 9.17) is 27.9 Å². The minimum absolute atomic E-state index is 0.0288. The van der Waals surface area contributed by atoms with E-state index in [1.54, 1.807) is 0 Å². The summed E-state index contributed by atoms with van der Waals surface area (Å²) < 4.78 is 6.52. The van der Waals surface area contributed by atoms with Gasteiger partial charge >= 0.3 is 5.97 Å². The Kier molecular flexibility index (Phi) is 5.94. The lowest BCUT2D eigenvalue weighted by molar-refractivity contribution is 0.0698. The van der Waals surface area contributed by atoms with Gasteiger partial charge in [-0.25, -0.2) is 4.79 Å². The fraction of sp³-hybridized carbons (Fsp3) is 0.133. The lowest BCUT2D eigenvalue weighted by Crippen LogP contribution is -2.14. The summed E-state index contributed by atoms with van der Waals surface area (Å²) in [5.41, 5.74) is 0.360. The monoisotopic (exact) mass is 403 g/mol. The number of anilines is 1. The molecule has 2 aromatic rings. The Morgan fingerprint density at radius 2 is 1.91 bits per heavy atom. The highest BCUT2D eigenvalue weighted by molar-refractivity contribution is 9.10. The predicted molar refractivity (Wildman–Crippen MR) is 91.5 cm³/mol. The lowest BCUT2D eigenvalue weighted by atomic mass is 10.2. The first-order chi connectivity index (χ1) is 10.5. The van der Waals surface area contributed by atoms with Gasteiger partial charge in [0.15, 0.2) is 0 Å². The standard InChI is InChI=1S/C15H12BrCl2NO3/c16-9-1-3-11(4-2-9)22-6-5-19-14-12(15(20)21)7-10(17)8-13(14)18/h1-4,7-8,19H,5-6H2,(H,20,21). The van der Waals surface area contributed by atoms with Crippen LogP contribution in [0.2, 0.25) is 10.0 Å². The maximum absolute atomic E-state index is 11.2. The lowest BCUT2D eigenvalue weighted by Gasteiger charge is -2.13. The molecule has 0 atom stereocenters. The Balaban J connectivity index is 1.97. The average molecular weight is 405 g/mol. The van der Waals surface area contributed by atoms with Gasteiger partial charge in [-0.1, -0.05) is 39.1 Å². The molecule has 7 heteroatoms. The Hall–Kier alpha value is -1.43. The molecule has 0 aliphatic carbocycles. The van der Waals surface area contributed by atoms with Crippen LogP contribution in [0.15, 0.2) is 40.9 Å². The molecule has 2 aromatic carbocycles. The van der Waals surface area contributed by atoms with Crippen molar-refractivity contribution in [3.63, 3.8) is 0 Å². The molecule has 0 heterocycles. The van der Waals surface area contributed by atoms with E-state index < -0.39 is 5.97 Å². The summed E-state index contributed by atoms with van der Waals surface area (Å²) in [5.74, 6) is -0.369. The van der Waals surface area contributed by atoms with Crippen molar-refractivity contribution in [1.82, 2.24) is 0 Å². The van der Waals surface area contributed by atoms with Crippen molar-refractivity contribution in [3.8, 4) is 5.75 Å². The van der Waals surface area contributed by atoms with Crippen LogP contribution in [0.4, 0.5) is 5.69 Å². The van der Waals surface area contributed by atoms with E-state index in [2.05, 4.69) is 21.2 Å². The number of aromatic carboxylic acids is 1. The normalized spacial score (nSPS) is 10.3. The molecule has 0 unspecified atom stereocenters. The van der Waals surface area contributed by atoms with Gasteiger partial charge in [0.05, 0.1) is 16.3 Å². The number of halogens is 3. The third kappa shape index (κ3) is 4.53. The first-order valence-electron chi connectivity index (χ1n) is 6.32. The van der Waals surface area contributed by atoms with Gasteiger partial charge in [-0.2, -0.15) is 0 Å². The Labute approximate surface area is 146 Å². The summed E-state index contributed by atoms with van der Waals surface area (Å²) in [6.45, 7) is 0.761. The minimum Gasteiger partial charge on any atom is -0.492 e. The van der Waals surface area contributed by atoms with Gasteiger partial charge in [-0.05, 0) is 36.4 Å². The minimum atomic E-state index is -1.10. The van der Waals surface area contributed by atoms with Crippen LogP contribution in [0.25, 0.3) is 0 Å². The molecule has 2 rings (SSSR count). The number of rotatable bonds is 6. The van der Waals surface area contributed by atoms with E-state index in [-0.39, 0.29) is 15.6 Å². The molecular formula is C15H12BrCl2NO3. The van der Waals surface area contributed by atoms with Crippen LogP contribution in [0.5, 0.6) is 5.75 Å². The summed E-state index contributed by atoms with van der Waals surface area (Å²) in [4.78, 5) is 11.2. The van der Waals surface area contributed by atoms with Crippen molar-refractivity contribution >= 4 is 50.8 Å². The molecule has 4 nitrogen and oxygen atoms in total. The number of ether oxygens (including phenoxy) is 1. The molecule has 0 saturated heterocycles. The highest BCUT2D eigenvalue weighted by Crippen LogP contribution is 2.30. The number of benzene rings is 2. The molecular weight excluding hydrogens is 393 g/mol. The van der Waals surface area contributed by atoms with Crippen molar-refractivity contribution in [2.24, 2.45) is 0 Å². The number of nitrogens with one attached hydrogen (secondary N) is 1. The van der Waals surface area contributed by atoms with Gasteiger partial charge in [-0.3, -0.25) is 0 Å². The second kappa shape index (κ2) is 7.72. The molecule has 0 spiro atoms. The van der Waals surface area contributed by atoms with Gasteiger partial charge in [0.1, 0.15) is 12.4 Å². The third-order valence-corrected chi connectivity index (χ3v) is 3.82. The van der Waals surface area contributed by atoms with E-state index in [0.29, 0.717) is 18.8 Å². The molecule has 0 amide bonds. The summed E-state index contributed by atoms with van der Waals surface area (Å²) in [7, 11) is 0. The van der Waals surface area contributed by atoms with E-state index in [0.717, 1.165) is 10.2 Å². The number of hydrogen-bond acceptors (Lipinski definition) is 3. The van der Waals surface area contributed by atoms with Crippen LogP contribution >= 0.6 is 39.1 Å². The molecule has 0 aromatic heterocycles. The third-order valence-electron chi connectivity index (χ3n) is 2.77. The number of carbonyl (C=O) groups is 1. The fourth-order valence-corrected chi connectivity index (χ4v) is 2.62. The zero-order valence-electron chi connectivity index (χ0n) is 11.3. The van der Waals surface area contributed by atoms with Gasteiger partial charge in [-0.15, -0.1) is 0 Å². The number of hydrogen-bond donors (Lipinski definition) is 2. The molecule has 0 bridgehead atoms. The Bertz CT molecular complexity index is 677. The summed E-state index contributed by atoms with van der Waals surface area (Å²) in [5, 5.41) is 12.7. The zero-order valence-corrected chi connectivity index (χ0v) is 14.4. The van der Waals surface area contributed by atoms with Crippen molar-refractivity contribution < 1.29 is 14.6 Å². The largest absolute Gasteiger partial charge is 0.492 e. The molecule has 22 heavy (non-hydrogen) atoms. The predicted octanol–water partition coefficient (Wildman–Crippen LogP) is 4.95. The highest BCUT2D eigenvalue weighted by Gasteiger charge is 2.14. The molecule has 116 valence electrons. The zero-order chi connectivity index (χ0) is 16.1. The van der Waals surface area contributed by atoms with Crippen molar-refractivity contribution in [1.29, 1.82) is 0 Å². The van der Waals surface area contributed by atoms with Gasteiger partial charge in [0.25, 0.3) is 0 Å². The summed E-state index contributed by atoms with van der Waals surface area (Å²) in [6.07, 6.45) is 0. The maximum atomic E-state index is 11.2. The molecule has 0 radical (unpaired) electrons. The van der Waals surface area contributed by atoms with E-state index in [1.165, 1.54) is 12.1 Å². The van der Waals surface area contributed by atoms with E-state index in [1.807, 2.05) is 24.3 Å². The first-order valence-corrected chi connectivity index (χ1v) is 7.87. The second-order valence-corrected chi connectivity index (χ2v) is 6.10. The topological polar surface area (TPSA) is 58.6 Å². The molecule has 2 N–H and O–H groups in total. The van der Waals surface area contributed by atoms with E-state index >= 15 is 0 Å².